The molecule has 1 aliphatic rings. The van der Waals surface area contributed by atoms with Crippen molar-refractivity contribution in [1.29, 1.82) is 0 Å². The van der Waals surface area contributed by atoms with Crippen molar-refractivity contribution in [1.82, 2.24) is 0 Å². The molecule has 0 amide bonds. The summed E-state index contributed by atoms with van der Waals surface area (Å²) in [6.07, 6.45) is -2.48. The van der Waals surface area contributed by atoms with E-state index in [4.69, 9.17) is 4.42 Å². The number of hydrogen-bond donors (Lipinski definition) is 1. The standard InChI is InChI=1S/C20H16F3NO2/c1-10-9-19(2,3)24-14-6-5-12-13-8-11(20(21,22)23)4-7-15(13)26-18(25)17(12)16(10)14/h4-9,24H,1-3H3. The van der Waals surface area contributed by atoms with E-state index in [0.29, 0.717) is 16.3 Å². The monoisotopic (exact) mass is 359 g/mol. The molecule has 0 atom stereocenters. The van der Waals surface area contributed by atoms with Gasteiger partial charge in [-0.15, -0.1) is 0 Å². The lowest BCUT2D eigenvalue weighted by Crippen LogP contribution is -2.31. The van der Waals surface area contributed by atoms with Crippen molar-refractivity contribution in [2.75, 3.05) is 5.32 Å². The summed E-state index contributed by atoms with van der Waals surface area (Å²) in [5.74, 6) is 0. The van der Waals surface area contributed by atoms with Crippen molar-refractivity contribution in [3.05, 3.63) is 58.0 Å². The molecule has 134 valence electrons. The zero-order valence-electron chi connectivity index (χ0n) is 14.4. The molecule has 0 radical (unpaired) electrons. The van der Waals surface area contributed by atoms with E-state index in [0.717, 1.165) is 23.4 Å². The Morgan fingerprint density at radius 3 is 2.50 bits per heavy atom. The van der Waals surface area contributed by atoms with Crippen LogP contribution in [0.1, 0.15) is 31.9 Å². The van der Waals surface area contributed by atoms with Gasteiger partial charge in [-0.3, -0.25) is 0 Å². The lowest BCUT2D eigenvalue weighted by atomic mass is 9.88. The van der Waals surface area contributed by atoms with Gasteiger partial charge >= 0.3 is 11.8 Å². The van der Waals surface area contributed by atoms with Gasteiger partial charge in [0.15, 0.2) is 0 Å². The van der Waals surface area contributed by atoms with Crippen LogP contribution in [0.15, 0.2) is 45.6 Å². The van der Waals surface area contributed by atoms with Gasteiger partial charge in [-0.2, -0.15) is 13.2 Å². The Balaban J connectivity index is 2.13. The Hall–Kier alpha value is -2.76. The molecule has 3 nitrogen and oxygen atoms in total. The van der Waals surface area contributed by atoms with Crippen molar-refractivity contribution in [2.24, 2.45) is 0 Å². The maximum absolute atomic E-state index is 13.1. The van der Waals surface area contributed by atoms with Gasteiger partial charge in [0.05, 0.1) is 16.5 Å². The van der Waals surface area contributed by atoms with Gasteiger partial charge in [-0.25, -0.2) is 4.79 Å². The van der Waals surface area contributed by atoms with Crippen LogP contribution < -0.4 is 10.9 Å². The number of anilines is 1. The first-order chi connectivity index (χ1) is 12.1. The van der Waals surface area contributed by atoms with Gasteiger partial charge in [0, 0.05) is 22.0 Å². The molecule has 3 aromatic rings. The second-order valence-corrected chi connectivity index (χ2v) is 7.18. The van der Waals surface area contributed by atoms with E-state index in [-0.39, 0.29) is 16.5 Å². The number of hydrogen-bond acceptors (Lipinski definition) is 3. The quantitative estimate of drug-likeness (QED) is 0.421. The average molecular weight is 359 g/mol. The summed E-state index contributed by atoms with van der Waals surface area (Å²) >= 11 is 0. The fourth-order valence-corrected chi connectivity index (χ4v) is 3.71. The Labute approximate surface area is 147 Å². The van der Waals surface area contributed by atoms with Gasteiger partial charge in [-0.05, 0) is 50.6 Å². The molecular formula is C20H16F3NO2. The highest BCUT2D eigenvalue weighted by Crippen LogP contribution is 2.40. The third-order valence-corrected chi connectivity index (χ3v) is 4.64. The van der Waals surface area contributed by atoms with Crippen LogP contribution in [-0.2, 0) is 6.18 Å². The molecule has 2 heterocycles. The van der Waals surface area contributed by atoms with E-state index in [1.807, 2.05) is 26.8 Å². The van der Waals surface area contributed by atoms with Crippen LogP contribution in [0.25, 0.3) is 27.3 Å². The van der Waals surface area contributed by atoms with Gasteiger partial charge in [-0.1, -0.05) is 12.1 Å². The highest BCUT2D eigenvalue weighted by molar-refractivity contribution is 6.10. The summed E-state index contributed by atoms with van der Waals surface area (Å²) in [4.78, 5) is 12.6. The molecular weight excluding hydrogens is 343 g/mol. The van der Waals surface area contributed by atoms with E-state index < -0.39 is 17.4 Å². The largest absolute Gasteiger partial charge is 0.422 e. The Kier molecular flexibility index (Phi) is 3.29. The first-order valence-corrected chi connectivity index (χ1v) is 8.16. The van der Waals surface area contributed by atoms with Crippen LogP contribution in [0.4, 0.5) is 18.9 Å². The van der Waals surface area contributed by atoms with E-state index in [9.17, 15) is 18.0 Å². The lowest BCUT2D eigenvalue weighted by Gasteiger charge is -2.32. The molecule has 0 unspecified atom stereocenters. The fourth-order valence-electron chi connectivity index (χ4n) is 3.71. The van der Waals surface area contributed by atoms with Gasteiger partial charge < -0.3 is 9.73 Å². The molecule has 1 aliphatic heterocycles. The van der Waals surface area contributed by atoms with Crippen molar-refractivity contribution < 1.29 is 17.6 Å². The molecule has 0 spiro atoms. The van der Waals surface area contributed by atoms with Gasteiger partial charge in [0.2, 0.25) is 0 Å². The summed E-state index contributed by atoms with van der Waals surface area (Å²) in [6, 6.07) is 6.63. The van der Waals surface area contributed by atoms with Crippen LogP contribution in [0, 0.1) is 0 Å². The molecule has 0 saturated carbocycles. The highest BCUT2D eigenvalue weighted by Gasteiger charge is 2.31. The van der Waals surface area contributed by atoms with Crippen molar-refractivity contribution >= 4 is 33.0 Å². The second kappa shape index (κ2) is 5.13. The minimum Gasteiger partial charge on any atom is -0.422 e. The topological polar surface area (TPSA) is 42.2 Å². The normalized spacial score (nSPS) is 16.3. The number of fused-ring (bicyclic) bond motifs is 5. The zero-order chi connectivity index (χ0) is 18.9. The maximum atomic E-state index is 13.1. The Bertz CT molecular complexity index is 1150. The van der Waals surface area contributed by atoms with Crippen molar-refractivity contribution in [3.8, 4) is 0 Å². The molecule has 0 bridgehead atoms. The summed E-state index contributed by atoms with van der Waals surface area (Å²) in [5, 5.41) is 4.36. The first-order valence-electron chi connectivity index (χ1n) is 8.16. The number of alkyl halides is 3. The van der Waals surface area contributed by atoms with Crippen LogP contribution in [0.5, 0.6) is 0 Å². The molecule has 1 N–H and O–H groups in total. The third kappa shape index (κ3) is 2.48. The molecule has 0 saturated heterocycles. The number of benzene rings is 2. The average Bonchev–Trinajstić information content (AvgIpc) is 2.52. The third-order valence-electron chi connectivity index (χ3n) is 4.64. The molecule has 2 aromatic carbocycles. The fraction of sp³-hybridized carbons (Fsp3) is 0.250. The summed E-state index contributed by atoms with van der Waals surface area (Å²) < 4.78 is 44.6. The van der Waals surface area contributed by atoms with E-state index in [1.165, 1.54) is 6.07 Å². The minimum atomic E-state index is -4.47. The van der Waals surface area contributed by atoms with Crippen LogP contribution in [0.3, 0.4) is 0 Å². The molecule has 26 heavy (non-hydrogen) atoms. The Morgan fingerprint density at radius 2 is 1.81 bits per heavy atom. The van der Waals surface area contributed by atoms with E-state index >= 15 is 0 Å². The van der Waals surface area contributed by atoms with Crippen LogP contribution >= 0.6 is 0 Å². The van der Waals surface area contributed by atoms with Gasteiger partial charge in [0.1, 0.15) is 5.58 Å². The summed E-state index contributed by atoms with van der Waals surface area (Å²) in [5.41, 5.74) is 0.846. The molecule has 1 aromatic heterocycles. The van der Waals surface area contributed by atoms with Crippen molar-refractivity contribution in [3.63, 3.8) is 0 Å². The summed E-state index contributed by atoms with van der Waals surface area (Å²) in [7, 11) is 0. The second-order valence-electron chi connectivity index (χ2n) is 7.18. The van der Waals surface area contributed by atoms with E-state index in [1.54, 1.807) is 12.1 Å². The first kappa shape index (κ1) is 16.7. The Morgan fingerprint density at radius 1 is 1.08 bits per heavy atom. The molecule has 6 heteroatoms. The number of halogens is 3. The lowest BCUT2D eigenvalue weighted by molar-refractivity contribution is -0.137. The zero-order valence-corrected chi connectivity index (χ0v) is 14.4. The number of nitrogens with one attached hydrogen (secondary N) is 1. The van der Waals surface area contributed by atoms with Crippen molar-refractivity contribution in [2.45, 2.75) is 32.5 Å². The predicted octanol–water partition coefficient (Wildman–Crippen LogP) is 5.57. The van der Waals surface area contributed by atoms with Crippen LogP contribution in [-0.4, -0.2) is 5.54 Å². The minimum absolute atomic E-state index is 0.140. The molecule has 0 aliphatic carbocycles. The summed E-state index contributed by atoms with van der Waals surface area (Å²) in [6.45, 7) is 5.89. The molecule has 4 rings (SSSR count). The molecule has 0 fully saturated rings. The number of allylic oxidation sites excluding steroid dienone is 1. The van der Waals surface area contributed by atoms with Crippen LogP contribution in [0.2, 0.25) is 0 Å². The smallest absolute Gasteiger partial charge is 0.416 e. The SMILES string of the molecule is CC1=CC(C)(C)Nc2ccc3c(c21)c(=O)oc1ccc(C(F)(F)F)cc13. The van der Waals surface area contributed by atoms with Gasteiger partial charge in [0.25, 0.3) is 0 Å². The predicted molar refractivity (Wildman–Crippen MR) is 96.3 cm³/mol. The maximum Gasteiger partial charge on any atom is 0.416 e. The number of rotatable bonds is 0. The highest BCUT2D eigenvalue weighted by atomic mass is 19.4. The van der Waals surface area contributed by atoms with E-state index in [2.05, 4.69) is 5.32 Å².